The van der Waals surface area contributed by atoms with Crippen molar-refractivity contribution in [2.75, 3.05) is 5.75 Å². The van der Waals surface area contributed by atoms with E-state index in [0.717, 1.165) is 11.5 Å². The molecule has 7 nitrogen and oxygen atoms in total. The molecule has 3 rings (SSSR count). The molecule has 126 valence electrons. The van der Waals surface area contributed by atoms with Crippen LogP contribution in [0.4, 0.5) is 0 Å². The fourth-order valence-electron chi connectivity index (χ4n) is 2.13. The summed E-state index contributed by atoms with van der Waals surface area (Å²) in [6.45, 7) is 2.53. The number of carbonyl (C=O) groups excluding carboxylic acids is 1. The molecule has 0 aliphatic rings. The molecular formula is C16H17N3O4S. The van der Waals surface area contributed by atoms with Crippen LogP contribution in [0, 0.1) is 6.92 Å². The van der Waals surface area contributed by atoms with Gasteiger partial charge in [0.05, 0.1) is 37.1 Å². The minimum Gasteiger partial charge on any atom is -0.467 e. The zero-order valence-electron chi connectivity index (χ0n) is 13.2. The summed E-state index contributed by atoms with van der Waals surface area (Å²) in [6, 6.07) is 7.30. The van der Waals surface area contributed by atoms with Gasteiger partial charge in [-0.1, -0.05) is 5.16 Å². The number of carbonyl (C=O) groups is 1. The normalized spacial score (nSPS) is 10.9. The van der Waals surface area contributed by atoms with Crippen LogP contribution in [0.15, 0.2) is 50.1 Å². The standard InChI is InChI=1S/C16H17N3O4S/c1-12-17-15(18-23-12)10-24-11-16(20)19(8-13-4-2-6-21-13)9-14-5-3-7-22-14/h2-7H,8-11H2,1H3. The first-order chi connectivity index (χ1) is 11.7. The van der Waals surface area contributed by atoms with Crippen LogP contribution in [0.2, 0.25) is 0 Å². The van der Waals surface area contributed by atoms with Gasteiger partial charge in [-0.25, -0.2) is 0 Å². The highest BCUT2D eigenvalue weighted by Crippen LogP contribution is 2.15. The first-order valence-electron chi connectivity index (χ1n) is 7.40. The van der Waals surface area contributed by atoms with E-state index in [-0.39, 0.29) is 5.91 Å². The van der Waals surface area contributed by atoms with Crippen LogP contribution >= 0.6 is 11.8 Å². The molecule has 3 aromatic heterocycles. The van der Waals surface area contributed by atoms with E-state index in [1.54, 1.807) is 36.5 Å². The van der Waals surface area contributed by atoms with Crippen molar-refractivity contribution in [1.29, 1.82) is 0 Å². The molecule has 0 fully saturated rings. The SMILES string of the molecule is Cc1nc(CSCC(=O)N(Cc2ccco2)Cc2ccco2)no1. The fraction of sp³-hybridized carbons (Fsp3) is 0.312. The van der Waals surface area contributed by atoms with Crippen LogP contribution in [-0.2, 0) is 23.6 Å². The number of thioether (sulfide) groups is 1. The van der Waals surface area contributed by atoms with Crippen molar-refractivity contribution in [2.24, 2.45) is 0 Å². The van der Waals surface area contributed by atoms with Crippen LogP contribution in [0.1, 0.15) is 23.2 Å². The van der Waals surface area contributed by atoms with Crippen molar-refractivity contribution in [3.8, 4) is 0 Å². The molecule has 3 aromatic rings. The number of hydrogen-bond acceptors (Lipinski definition) is 7. The Labute approximate surface area is 143 Å². The Hall–Kier alpha value is -2.48. The largest absolute Gasteiger partial charge is 0.467 e. The van der Waals surface area contributed by atoms with Crippen molar-refractivity contribution >= 4 is 17.7 Å². The first kappa shape index (κ1) is 16.4. The summed E-state index contributed by atoms with van der Waals surface area (Å²) in [7, 11) is 0. The molecule has 0 unspecified atom stereocenters. The van der Waals surface area contributed by atoms with Crippen molar-refractivity contribution in [2.45, 2.75) is 25.8 Å². The van der Waals surface area contributed by atoms with Crippen molar-refractivity contribution < 1.29 is 18.2 Å². The molecule has 8 heteroatoms. The fourth-order valence-corrected chi connectivity index (χ4v) is 2.89. The van der Waals surface area contributed by atoms with Gasteiger partial charge in [-0.3, -0.25) is 4.79 Å². The topological polar surface area (TPSA) is 85.5 Å². The monoisotopic (exact) mass is 347 g/mol. The lowest BCUT2D eigenvalue weighted by molar-refractivity contribution is -0.130. The summed E-state index contributed by atoms with van der Waals surface area (Å²) >= 11 is 1.44. The Bertz CT molecular complexity index is 716. The van der Waals surface area contributed by atoms with E-state index in [4.69, 9.17) is 13.4 Å². The average Bonchev–Trinajstić information content (AvgIpc) is 3.30. The summed E-state index contributed by atoms with van der Waals surface area (Å²) in [5.41, 5.74) is 0. The number of aromatic nitrogens is 2. The second-order valence-corrected chi connectivity index (χ2v) is 6.12. The van der Waals surface area contributed by atoms with Gasteiger partial charge in [-0.05, 0) is 24.3 Å². The number of hydrogen-bond donors (Lipinski definition) is 0. The van der Waals surface area contributed by atoms with Gasteiger partial charge in [-0.15, -0.1) is 11.8 Å². The lowest BCUT2D eigenvalue weighted by atomic mass is 10.3. The van der Waals surface area contributed by atoms with Gasteiger partial charge >= 0.3 is 0 Å². The molecule has 24 heavy (non-hydrogen) atoms. The summed E-state index contributed by atoms with van der Waals surface area (Å²) in [5.74, 6) is 3.41. The van der Waals surface area contributed by atoms with Gasteiger partial charge in [0.2, 0.25) is 11.8 Å². The van der Waals surface area contributed by atoms with Crippen LogP contribution < -0.4 is 0 Å². The third-order valence-electron chi connectivity index (χ3n) is 3.23. The highest BCUT2D eigenvalue weighted by atomic mass is 32.2. The smallest absolute Gasteiger partial charge is 0.233 e. The molecule has 0 saturated heterocycles. The Morgan fingerprint density at radius 2 is 1.83 bits per heavy atom. The Morgan fingerprint density at radius 1 is 1.17 bits per heavy atom. The van der Waals surface area contributed by atoms with Crippen molar-refractivity contribution in [1.82, 2.24) is 15.0 Å². The van der Waals surface area contributed by atoms with Crippen LogP contribution in [0.25, 0.3) is 0 Å². The molecule has 0 bridgehead atoms. The van der Waals surface area contributed by atoms with Gasteiger partial charge in [0.15, 0.2) is 5.82 Å². The molecule has 1 amide bonds. The first-order valence-corrected chi connectivity index (χ1v) is 8.55. The lowest BCUT2D eigenvalue weighted by Crippen LogP contribution is -2.31. The Kier molecular flexibility index (Phi) is 5.37. The zero-order valence-corrected chi connectivity index (χ0v) is 14.0. The van der Waals surface area contributed by atoms with E-state index in [9.17, 15) is 4.79 Å². The van der Waals surface area contributed by atoms with E-state index in [1.165, 1.54) is 11.8 Å². The molecule has 0 saturated carbocycles. The van der Waals surface area contributed by atoms with Crippen LogP contribution in [0.5, 0.6) is 0 Å². The number of furan rings is 2. The third kappa shape index (κ3) is 4.51. The zero-order chi connectivity index (χ0) is 16.8. The number of rotatable bonds is 8. The highest BCUT2D eigenvalue weighted by Gasteiger charge is 2.17. The molecule has 3 heterocycles. The minimum absolute atomic E-state index is 0.00647. The molecule has 0 radical (unpaired) electrons. The summed E-state index contributed by atoms with van der Waals surface area (Å²) < 4.78 is 15.6. The van der Waals surface area contributed by atoms with Gasteiger partial charge in [-0.2, -0.15) is 4.98 Å². The maximum Gasteiger partial charge on any atom is 0.233 e. The maximum absolute atomic E-state index is 12.5. The third-order valence-corrected chi connectivity index (χ3v) is 4.15. The minimum atomic E-state index is -0.00647. The lowest BCUT2D eigenvalue weighted by Gasteiger charge is -2.20. The summed E-state index contributed by atoms with van der Waals surface area (Å²) in [5, 5.41) is 3.82. The van der Waals surface area contributed by atoms with Crippen LogP contribution in [0.3, 0.4) is 0 Å². The molecular weight excluding hydrogens is 330 g/mol. The molecule has 0 aliphatic carbocycles. The number of aryl methyl sites for hydroxylation is 1. The Morgan fingerprint density at radius 3 is 2.33 bits per heavy atom. The van der Waals surface area contributed by atoms with Crippen molar-refractivity contribution in [3.05, 3.63) is 60.0 Å². The van der Waals surface area contributed by atoms with E-state index < -0.39 is 0 Å². The predicted molar refractivity (Wildman–Crippen MR) is 86.9 cm³/mol. The van der Waals surface area contributed by atoms with Gasteiger partial charge in [0, 0.05) is 6.92 Å². The van der Waals surface area contributed by atoms with Crippen molar-refractivity contribution in [3.63, 3.8) is 0 Å². The quantitative estimate of drug-likeness (QED) is 0.619. The number of amides is 1. The average molecular weight is 347 g/mol. The van der Waals surface area contributed by atoms with E-state index >= 15 is 0 Å². The molecule has 0 aromatic carbocycles. The van der Waals surface area contributed by atoms with Crippen LogP contribution in [-0.4, -0.2) is 26.7 Å². The summed E-state index contributed by atoms with van der Waals surface area (Å²) in [4.78, 5) is 18.4. The Balaban J connectivity index is 1.57. The van der Waals surface area contributed by atoms with Gasteiger partial charge in [0.25, 0.3) is 0 Å². The highest BCUT2D eigenvalue weighted by molar-refractivity contribution is 7.99. The second-order valence-electron chi connectivity index (χ2n) is 5.13. The summed E-state index contributed by atoms with van der Waals surface area (Å²) in [6.07, 6.45) is 3.19. The maximum atomic E-state index is 12.5. The predicted octanol–water partition coefficient (Wildman–Crippen LogP) is 3.03. The second kappa shape index (κ2) is 7.87. The number of nitrogens with zero attached hydrogens (tertiary/aromatic N) is 3. The van der Waals surface area contributed by atoms with Gasteiger partial charge < -0.3 is 18.3 Å². The van der Waals surface area contributed by atoms with E-state index in [0.29, 0.717) is 36.3 Å². The molecule has 0 aliphatic heterocycles. The van der Waals surface area contributed by atoms with Gasteiger partial charge in [0.1, 0.15) is 11.5 Å². The molecule has 0 spiro atoms. The molecule has 0 atom stereocenters. The van der Waals surface area contributed by atoms with E-state index in [1.807, 2.05) is 12.1 Å². The van der Waals surface area contributed by atoms with E-state index in [2.05, 4.69) is 10.1 Å². The molecule has 0 N–H and O–H groups in total.